The quantitative estimate of drug-likeness (QED) is 0.621. The first-order valence-electron chi connectivity index (χ1n) is 7.29. The highest BCUT2D eigenvalue weighted by molar-refractivity contribution is 7.16. The molecule has 4 rings (SSSR count). The van der Waals surface area contributed by atoms with E-state index in [9.17, 15) is 0 Å². The minimum Gasteiger partial charge on any atom is -0.383 e. The average molecular weight is 318 g/mol. The van der Waals surface area contributed by atoms with Gasteiger partial charge in [0.15, 0.2) is 0 Å². The molecule has 23 heavy (non-hydrogen) atoms. The summed E-state index contributed by atoms with van der Waals surface area (Å²) in [6, 6.07) is 16.3. The predicted octanol–water partition coefficient (Wildman–Crippen LogP) is 3.93. The van der Waals surface area contributed by atoms with Crippen LogP contribution in [0.2, 0.25) is 0 Å². The van der Waals surface area contributed by atoms with Gasteiger partial charge >= 0.3 is 0 Å². The van der Waals surface area contributed by atoms with Gasteiger partial charge in [0.25, 0.3) is 0 Å². The Bertz CT molecular complexity index is 963. The zero-order valence-corrected chi connectivity index (χ0v) is 13.1. The van der Waals surface area contributed by atoms with Gasteiger partial charge in [0.05, 0.1) is 11.8 Å². The Morgan fingerprint density at radius 1 is 0.957 bits per heavy atom. The highest BCUT2D eigenvalue weighted by Gasteiger charge is 2.08. The van der Waals surface area contributed by atoms with E-state index in [1.807, 2.05) is 41.9 Å². The molecule has 0 amide bonds. The summed E-state index contributed by atoms with van der Waals surface area (Å²) in [5, 5.41) is 2.90. The van der Waals surface area contributed by atoms with Crippen LogP contribution in [0.4, 0.5) is 5.82 Å². The minimum absolute atomic E-state index is 0.533. The van der Waals surface area contributed by atoms with Crippen molar-refractivity contribution >= 4 is 27.4 Å². The monoisotopic (exact) mass is 318 g/mol. The van der Waals surface area contributed by atoms with Gasteiger partial charge in [-0.25, -0.2) is 9.97 Å². The van der Waals surface area contributed by atoms with E-state index >= 15 is 0 Å². The molecule has 2 N–H and O–H groups in total. The first-order chi connectivity index (χ1) is 11.3. The van der Waals surface area contributed by atoms with Crippen molar-refractivity contribution in [2.75, 3.05) is 5.73 Å². The molecule has 0 radical (unpaired) electrons. The van der Waals surface area contributed by atoms with Crippen molar-refractivity contribution in [3.05, 3.63) is 71.6 Å². The van der Waals surface area contributed by atoms with Gasteiger partial charge in [0, 0.05) is 11.9 Å². The van der Waals surface area contributed by atoms with Gasteiger partial charge in [-0.1, -0.05) is 30.3 Å². The van der Waals surface area contributed by atoms with Crippen LogP contribution in [0.25, 0.3) is 21.3 Å². The maximum atomic E-state index is 6.01. The van der Waals surface area contributed by atoms with Crippen molar-refractivity contribution in [1.82, 2.24) is 15.0 Å². The number of benzene rings is 1. The topological polar surface area (TPSA) is 64.7 Å². The van der Waals surface area contributed by atoms with E-state index in [-0.39, 0.29) is 0 Å². The van der Waals surface area contributed by atoms with Crippen LogP contribution in [0.15, 0.2) is 60.1 Å². The SMILES string of the molecule is Nc1nc(Cc2cc(-c3ccccc3)ccn2)nc2sccc12. The zero-order valence-electron chi connectivity index (χ0n) is 12.3. The minimum atomic E-state index is 0.533. The van der Waals surface area contributed by atoms with Crippen LogP contribution >= 0.6 is 11.3 Å². The molecule has 4 aromatic rings. The summed E-state index contributed by atoms with van der Waals surface area (Å²) in [6.07, 6.45) is 2.39. The molecule has 0 atom stereocenters. The molecule has 0 unspecified atom stereocenters. The molecule has 4 nitrogen and oxygen atoms in total. The van der Waals surface area contributed by atoms with Gasteiger partial charge in [-0.05, 0) is 34.7 Å². The lowest BCUT2D eigenvalue weighted by Gasteiger charge is -2.05. The van der Waals surface area contributed by atoms with Gasteiger partial charge in [-0.3, -0.25) is 4.98 Å². The van der Waals surface area contributed by atoms with E-state index in [4.69, 9.17) is 5.73 Å². The lowest BCUT2D eigenvalue weighted by molar-refractivity contribution is 0.961. The highest BCUT2D eigenvalue weighted by atomic mass is 32.1. The van der Waals surface area contributed by atoms with Crippen LogP contribution in [0, 0.1) is 0 Å². The van der Waals surface area contributed by atoms with E-state index in [0.717, 1.165) is 21.5 Å². The maximum absolute atomic E-state index is 6.01. The molecular formula is C18H14N4S. The molecule has 3 aromatic heterocycles. The van der Waals surface area contributed by atoms with Gasteiger partial charge in [-0.15, -0.1) is 11.3 Å². The fourth-order valence-electron chi connectivity index (χ4n) is 2.55. The first-order valence-corrected chi connectivity index (χ1v) is 8.17. The largest absolute Gasteiger partial charge is 0.383 e. The van der Waals surface area contributed by atoms with Crippen LogP contribution in [0.3, 0.4) is 0 Å². The van der Waals surface area contributed by atoms with Gasteiger partial charge in [-0.2, -0.15) is 0 Å². The summed E-state index contributed by atoms with van der Waals surface area (Å²) in [5.74, 6) is 1.24. The lowest BCUT2D eigenvalue weighted by Crippen LogP contribution is -2.02. The molecule has 0 saturated heterocycles. The Morgan fingerprint density at radius 3 is 2.70 bits per heavy atom. The van der Waals surface area contributed by atoms with Crippen LogP contribution in [-0.2, 0) is 6.42 Å². The number of rotatable bonds is 3. The van der Waals surface area contributed by atoms with E-state index in [2.05, 4.69) is 33.2 Å². The van der Waals surface area contributed by atoms with Gasteiger partial charge < -0.3 is 5.73 Å². The number of nitrogen functional groups attached to an aromatic ring is 1. The summed E-state index contributed by atoms with van der Waals surface area (Å²) in [5.41, 5.74) is 9.25. The van der Waals surface area contributed by atoms with Crippen molar-refractivity contribution < 1.29 is 0 Å². The molecule has 1 aromatic carbocycles. The number of nitrogens with two attached hydrogens (primary N) is 1. The standard InChI is InChI=1S/C18H14N4S/c19-17-15-7-9-23-18(15)22-16(21-17)11-14-10-13(6-8-20-14)12-4-2-1-3-5-12/h1-10H,11H2,(H2,19,21,22). The number of anilines is 1. The van der Waals surface area contributed by atoms with Crippen molar-refractivity contribution in [2.24, 2.45) is 0 Å². The number of aromatic nitrogens is 3. The number of pyridine rings is 1. The lowest BCUT2D eigenvalue weighted by atomic mass is 10.1. The normalized spacial score (nSPS) is 11.0. The number of hydrogen-bond acceptors (Lipinski definition) is 5. The molecule has 5 heteroatoms. The maximum Gasteiger partial charge on any atom is 0.138 e. The van der Waals surface area contributed by atoms with Crippen molar-refractivity contribution in [3.63, 3.8) is 0 Å². The molecule has 3 heterocycles. The summed E-state index contributed by atoms with van der Waals surface area (Å²) in [7, 11) is 0. The Balaban J connectivity index is 1.68. The van der Waals surface area contributed by atoms with Crippen molar-refractivity contribution in [1.29, 1.82) is 0 Å². The molecule has 0 aliphatic heterocycles. The second-order valence-electron chi connectivity index (χ2n) is 5.24. The van der Waals surface area contributed by atoms with E-state index < -0.39 is 0 Å². The predicted molar refractivity (Wildman–Crippen MR) is 94.3 cm³/mol. The molecule has 0 spiro atoms. The summed E-state index contributed by atoms with van der Waals surface area (Å²) in [4.78, 5) is 14.3. The van der Waals surface area contributed by atoms with Crippen molar-refractivity contribution in [2.45, 2.75) is 6.42 Å². The van der Waals surface area contributed by atoms with Crippen molar-refractivity contribution in [3.8, 4) is 11.1 Å². The molecular weight excluding hydrogens is 304 g/mol. The fraction of sp³-hybridized carbons (Fsp3) is 0.0556. The average Bonchev–Trinajstić information content (AvgIpc) is 3.05. The molecule has 112 valence electrons. The molecule has 0 fully saturated rings. The third kappa shape index (κ3) is 2.78. The number of nitrogens with zero attached hydrogens (tertiary/aromatic N) is 3. The summed E-state index contributed by atoms with van der Waals surface area (Å²) >= 11 is 1.57. The Hall–Kier alpha value is -2.79. The Labute approximate surface area is 137 Å². The van der Waals surface area contributed by atoms with Crippen LogP contribution in [0.5, 0.6) is 0 Å². The van der Waals surface area contributed by atoms with Crippen LogP contribution in [0.1, 0.15) is 11.5 Å². The number of fused-ring (bicyclic) bond motifs is 1. The molecule has 0 bridgehead atoms. The molecule has 0 aliphatic rings. The van der Waals surface area contributed by atoms with Crippen LogP contribution in [-0.4, -0.2) is 15.0 Å². The molecule has 0 aliphatic carbocycles. The number of thiophene rings is 1. The van der Waals surface area contributed by atoms with Crippen LogP contribution < -0.4 is 5.73 Å². The van der Waals surface area contributed by atoms with E-state index in [1.54, 1.807) is 11.3 Å². The zero-order chi connectivity index (χ0) is 15.6. The summed E-state index contributed by atoms with van der Waals surface area (Å²) < 4.78 is 0. The first kappa shape index (κ1) is 13.8. The second-order valence-corrected chi connectivity index (χ2v) is 6.14. The molecule has 0 saturated carbocycles. The highest BCUT2D eigenvalue weighted by Crippen LogP contribution is 2.24. The van der Waals surface area contributed by atoms with Gasteiger partial charge in [0.1, 0.15) is 16.5 Å². The second kappa shape index (κ2) is 5.78. The third-order valence-corrected chi connectivity index (χ3v) is 4.47. The van der Waals surface area contributed by atoms with E-state index in [0.29, 0.717) is 18.1 Å². The van der Waals surface area contributed by atoms with Gasteiger partial charge in [0.2, 0.25) is 0 Å². The third-order valence-electron chi connectivity index (χ3n) is 3.66. The van der Waals surface area contributed by atoms with E-state index in [1.165, 1.54) is 5.56 Å². The Kier molecular flexibility index (Phi) is 3.48. The fourth-order valence-corrected chi connectivity index (χ4v) is 3.34. The number of hydrogen-bond donors (Lipinski definition) is 1. The summed E-state index contributed by atoms with van der Waals surface area (Å²) in [6.45, 7) is 0. The Morgan fingerprint density at radius 2 is 1.83 bits per heavy atom. The smallest absolute Gasteiger partial charge is 0.138 e.